The molecule has 0 saturated heterocycles. The largest absolute Gasteiger partial charge is 0.497 e. The Balaban J connectivity index is 1.67. The SMILES string of the molecule is COc1ccc(OC)c(Sc2nc3c(N)ncn(Cc4ccc([N+](=O)[O-])cc4)c-3n2)c1. The van der Waals surface area contributed by atoms with Gasteiger partial charge in [0, 0.05) is 12.1 Å². The molecule has 0 unspecified atom stereocenters. The van der Waals surface area contributed by atoms with E-state index in [1.807, 2.05) is 18.2 Å². The second-order valence-corrected chi connectivity index (χ2v) is 7.49. The topological polar surface area (TPSA) is 131 Å². The third-order valence-electron chi connectivity index (χ3n) is 4.54. The van der Waals surface area contributed by atoms with E-state index in [9.17, 15) is 10.1 Å². The van der Waals surface area contributed by atoms with E-state index in [0.717, 1.165) is 10.5 Å². The number of fused-ring (bicyclic) bond motifs is 1. The van der Waals surface area contributed by atoms with Crippen LogP contribution in [0.2, 0.25) is 0 Å². The molecule has 2 aliphatic rings. The number of hydrogen-bond acceptors (Lipinski definition) is 9. The van der Waals surface area contributed by atoms with Crippen LogP contribution in [0, 0.1) is 10.1 Å². The van der Waals surface area contributed by atoms with Gasteiger partial charge in [0.2, 0.25) is 0 Å². The molecule has 2 aromatic carbocycles. The van der Waals surface area contributed by atoms with E-state index in [1.165, 1.54) is 23.9 Å². The Bertz CT molecular complexity index is 1210. The molecule has 2 aliphatic heterocycles. The zero-order valence-electron chi connectivity index (χ0n) is 16.7. The predicted molar refractivity (Wildman–Crippen MR) is 115 cm³/mol. The molecule has 158 valence electrons. The van der Waals surface area contributed by atoms with E-state index in [0.29, 0.717) is 34.7 Å². The highest BCUT2D eigenvalue weighted by Gasteiger charge is 2.21. The van der Waals surface area contributed by atoms with Gasteiger partial charge in [-0.2, -0.15) is 0 Å². The molecule has 0 amide bonds. The van der Waals surface area contributed by atoms with Crippen LogP contribution >= 0.6 is 11.8 Å². The van der Waals surface area contributed by atoms with Gasteiger partial charge in [0.15, 0.2) is 22.5 Å². The van der Waals surface area contributed by atoms with Gasteiger partial charge < -0.3 is 19.8 Å². The maximum atomic E-state index is 10.9. The third-order valence-corrected chi connectivity index (χ3v) is 5.45. The first-order valence-corrected chi connectivity index (χ1v) is 9.91. The van der Waals surface area contributed by atoms with Gasteiger partial charge in [-0.05, 0) is 35.5 Å². The lowest BCUT2D eigenvalue weighted by atomic mass is 10.2. The van der Waals surface area contributed by atoms with Gasteiger partial charge in [-0.25, -0.2) is 15.0 Å². The second kappa shape index (κ2) is 8.48. The van der Waals surface area contributed by atoms with Gasteiger partial charge >= 0.3 is 0 Å². The molecule has 0 radical (unpaired) electrons. The lowest BCUT2D eigenvalue weighted by Gasteiger charge is -2.11. The number of ether oxygens (including phenoxy) is 2. The molecule has 2 N–H and O–H groups in total. The number of nitrogens with zero attached hydrogens (tertiary/aromatic N) is 5. The Morgan fingerprint density at radius 1 is 1.13 bits per heavy atom. The van der Waals surface area contributed by atoms with Crippen LogP contribution in [0.15, 0.2) is 58.8 Å². The molecule has 11 heteroatoms. The minimum absolute atomic E-state index is 0.0355. The number of non-ortho nitro benzene ring substituents is 1. The maximum Gasteiger partial charge on any atom is 0.269 e. The summed E-state index contributed by atoms with van der Waals surface area (Å²) in [6, 6.07) is 11.8. The van der Waals surface area contributed by atoms with E-state index >= 15 is 0 Å². The first-order valence-electron chi connectivity index (χ1n) is 9.10. The summed E-state index contributed by atoms with van der Waals surface area (Å²) in [6.07, 6.45) is 1.58. The average Bonchev–Trinajstić information content (AvgIpc) is 3.21. The highest BCUT2D eigenvalue weighted by Crippen LogP contribution is 2.38. The summed E-state index contributed by atoms with van der Waals surface area (Å²) in [4.78, 5) is 24.6. The quantitative estimate of drug-likeness (QED) is 0.340. The summed E-state index contributed by atoms with van der Waals surface area (Å²) >= 11 is 1.32. The fraction of sp³-hybridized carbons (Fsp3) is 0.150. The number of nitro groups is 1. The molecule has 0 atom stereocenters. The van der Waals surface area contributed by atoms with Crippen LogP contribution in [0.3, 0.4) is 0 Å². The summed E-state index contributed by atoms with van der Waals surface area (Å²) in [5.41, 5.74) is 7.40. The number of benzene rings is 2. The van der Waals surface area contributed by atoms with Crippen molar-refractivity contribution in [3.8, 4) is 23.0 Å². The van der Waals surface area contributed by atoms with Crippen LogP contribution in [-0.2, 0) is 6.54 Å². The molecule has 10 nitrogen and oxygen atoms in total. The van der Waals surface area contributed by atoms with Crippen molar-refractivity contribution in [3.63, 3.8) is 0 Å². The fourth-order valence-corrected chi connectivity index (χ4v) is 3.87. The highest BCUT2D eigenvalue weighted by molar-refractivity contribution is 7.99. The Morgan fingerprint density at radius 2 is 1.90 bits per heavy atom. The van der Waals surface area contributed by atoms with Crippen LogP contribution < -0.4 is 15.2 Å². The van der Waals surface area contributed by atoms with E-state index in [-0.39, 0.29) is 11.5 Å². The van der Waals surface area contributed by atoms with Gasteiger partial charge in [0.05, 0.1) is 36.9 Å². The van der Waals surface area contributed by atoms with Crippen molar-refractivity contribution in [2.75, 3.05) is 20.0 Å². The molecule has 2 aromatic rings. The van der Waals surface area contributed by atoms with Crippen LogP contribution in [0.5, 0.6) is 11.5 Å². The van der Waals surface area contributed by atoms with Gasteiger partial charge in [-0.15, -0.1) is 0 Å². The molecule has 2 heterocycles. The van der Waals surface area contributed by atoms with E-state index in [4.69, 9.17) is 15.2 Å². The molecule has 0 bridgehead atoms. The van der Waals surface area contributed by atoms with E-state index in [2.05, 4.69) is 15.0 Å². The van der Waals surface area contributed by atoms with Crippen molar-refractivity contribution in [1.82, 2.24) is 19.5 Å². The number of nitrogen functional groups attached to an aromatic ring is 1. The number of methoxy groups -OCH3 is 2. The van der Waals surface area contributed by atoms with Gasteiger partial charge in [-0.1, -0.05) is 12.1 Å². The number of hydrogen-bond donors (Lipinski definition) is 1. The number of aromatic nitrogens is 4. The van der Waals surface area contributed by atoms with Crippen molar-refractivity contribution < 1.29 is 14.4 Å². The minimum atomic E-state index is -0.432. The molecule has 0 aromatic heterocycles. The first-order chi connectivity index (χ1) is 15.0. The second-order valence-electron chi connectivity index (χ2n) is 6.48. The van der Waals surface area contributed by atoms with Crippen molar-refractivity contribution >= 4 is 23.3 Å². The van der Waals surface area contributed by atoms with Gasteiger partial charge in [0.1, 0.15) is 11.5 Å². The van der Waals surface area contributed by atoms with Crippen LogP contribution in [-0.4, -0.2) is 38.7 Å². The maximum absolute atomic E-state index is 10.9. The van der Waals surface area contributed by atoms with Crippen molar-refractivity contribution in [2.45, 2.75) is 16.6 Å². The Kier molecular flexibility index (Phi) is 5.58. The molecule has 4 rings (SSSR count). The van der Waals surface area contributed by atoms with Gasteiger partial charge in [-0.3, -0.25) is 10.1 Å². The number of nitrogens with two attached hydrogens (primary N) is 1. The number of rotatable bonds is 7. The van der Waals surface area contributed by atoms with Crippen molar-refractivity contribution in [1.29, 1.82) is 0 Å². The molecule has 0 spiro atoms. The summed E-state index contributed by atoms with van der Waals surface area (Å²) in [5, 5.41) is 11.3. The predicted octanol–water partition coefficient (Wildman–Crippen LogP) is 3.49. The summed E-state index contributed by atoms with van der Waals surface area (Å²) in [6.45, 7) is 0.410. The third kappa shape index (κ3) is 4.21. The van der Waals surface area contributed by atoms with E-state index in [1.54, 1.807) is 37.2 Å². The number of anilines is 1. The molecule has 0 saturated carbocycles. The molecule has 0 fully saturated rings. The van der Waals surface area contributed by atoms with Crippen molar-refractivity contribution in [2.24, 2.45) is 0 Å². The fourth-order valence-electron chi connectivity index (χ4n) is 2.98. The lowest BCUT2D eigenvalue weighted by molar-refractivity contribution is -0.384. The minimum Gasteiger partial charge on any atom is -0.497 e. The van der Waals surface area contributed by atoms with E-state index < -0.39 is 4.92 Å². The van der Waals surface area contributed by atoms with Crippen LogP contribution in [0.25, 0.3) is 11.5 Å². The standard InChI is InChI=1S/C20H18N6O4S/c1-29-14-7-8-15(30-2)16(9-14)31-20-23-17-18(21)22-11-25(19(17)24-20)10-12-3-5-13(6-4-12)26(27)28/h3-9,11H,10,21H2,1-2H3. The molecule has 31 heavy (non-hydrogen) atoms. The molecule has 0 aliphatic carbocycles. The van der Waals surface area contributed by atoms with Gasteiger partial charge in [0.25, 0.3) is 5.69 Å². The number of imidazole rings is 1. The Labute approximate surface area is 181 Å². The normalized spacial score (nSPS) is 10.9. The van der Waals surface area contributed by atoms with Crippen molar-refractivity contribution in [3.05, 3.63) is 64.5 Å². The number of nitro benzene ring substituents is 1. The highest BCUT2D eigenvalue weighted by atomic mass is 32.2. The molecular weight excluding hydrogens is 420 g/mol. The summed E-state index contributed by atoms with van der Waals surface area (Å²) < 4.78 is 12.5. The zero-order chi connectivity index (χ0) is 22.0. The van der Waals surface area contributed by atoms with Crippen LogP contribution in [0.4, 0.5) is 11.5 Å². The summed E-state index contributed by atoms with van der Waals surface area (Å²) in [7, 11) is 3.19. The average molecular weight is 438 g/mol. The smallest absolute Gasteiger partial charge is 0.269 e. The Morgan fingerprint density at radius 3 is 2.58 bits per heavy atom. The molecular formula is C20H18N6O4S. The zero-order valence-corrected chi connectivity index (χ0v) is 17.5. The monoisotopic (exact) mass is 438 g/mol. The summed E-state index contributed by atoms with van der Waals surface area (Å²) in [5.74, 6) is 2.19. The first kappa shape index (κ1) is 20.4. The van der Waals surface area contributed by atoms with Crippen LogP contribution in [0.1, 0.15) is 5.56 Å². The Hall–Kier alpha value is -3.86. The lowest BCUT2D eigenvalue weighted by Crippen LogP contribution is -2.09.